The molecule has 0 spiro atoms. The molecular formula is C17H21N. The maximum atomic E-state index is 8.75. The van der Waals surface area contributed by atoms with Crippen molar-refractivity contribution in [2.75, 3.05) is 0 Å². The summed E-state index contributed by atoms with van der Waals surface area (Å²) in [7, 11) is 0. The molecule has 0 heterocycles. The van der Waals surface area contributed by atoms with Crippen LogP contribution in [0.5, 0.6) is 0 Å². The molecule has 0 N–H and O–H groups in total. The van der Waals surface area contributed by atoms with Gasteiger partial charge in [0.1, 0.15) is 0 Å². The van der Waals surface area contributed by atoms with E-state index >= 15 is 0 Å². The monoisotopic (exact) mass is 239 g/mol. The number of aryl methyl sites for hydroxylation is 1. The van der Waals surface area contributed by atoms with Gasteiger partial charge in [-0.05, 0) is 62.1 Å². The lowest BCUT2D eigenvalue weighted by Gasteiger charge is -2.21. The molecule has 0 saturated heterocycles. The van der Waals surface area contributed by atoms with Gasteiger partial charge in [0.05, 0.1) is 11.6 Å². The van der Waals surface area contributed by atoms with E-state index in [-0.39, 0.29) is 0 Å². The predicted octanol–water partition coefficient (Wildman–Crippen LogP) is 4.63. The Morgan fingerprint density at radius 3 is 2.61 bits per heavy atom. The first-order valence-corrected chi connectivity index (χ1v) is 6.98. The fraction of sp³-hybridized carbons (Fsp3) is 0.471. The Morgan fingerprint density at radius 1 is 1.28 bits per heavy atom. The molecule has 18 heavy (non-hydrogen) atoms. The van der Waals surface area contributed by atoms with E-state index in [9.17, 15) is 0 Å². The highest BCUT2D eigenvalue weighted by molar-refractivity contribution is 5.31. The maximum Gasteiger partial charge on any atom is 0.0991 e. The molecule has 1 aliphatic rings. The van der Waals surface area contributed by atoms with E-state index in [0.29, 0.717) is 0 Å². The van der Waals surface area contributed by atoms with Gasteiger partial charge in [0.2, 0.25) is 0 Å². The number of benzene rings is 1. The largest absolute Gasteiger partial charge is 0.192 e. The Bertz CT molecular complexity index is 447. The van der Waals surface area contributed by atoms with Crippen molar-refractivity contribution in [3.63, 3.8) is 0 Å². The van der Waals surface area contributed by atoms with Gasteiger partial charge in [0.25, 0.3) is 0 Å². The second kappa shape index (κ2) is 6.40. The van der Waals surface area contributed by atoms with Crippen LogP contribution < -0.4 is 0 Å². The van der Waals surface area contributed by atoms with Crippen LogP contribution >= 0.6 is 0 Å². The molecule has 94 valence electrons. The number of nitrogens with zero attached hydrogens (tertiary/aromatic N) is 1. The second-order valence-corrected chi connectivity index (χ2v) is 5.20. The lowest BCUT2D eigenvalue weighted by atomic mass is 9.85. The summed E-state index contributed by atoms with van der Waals surface area (Å²) in [6, 6.07) is 10.2. The molecule has 0 radical (unpaired) electrons. The highest BCUT2D eigenvalue weighted by Gasteiger charge is 2.13. The summed E-state index contributed by atoms with van der Waals surface area (Å²) in [4.78, 5) is 0. The zero-order valence-electron chi connectivity index (χ0n) is 11.2. The van der Waals surface area contributed by atoms with Gasteiger partial charge >= 0.3 is 0 Å². The smallest absolute Gasteiger partial charge is 0.0991 e. The fourth-order valence-electron chi connectivity index (χ4n) is 2.64. The van der Waals surface area contributed by atoms with Crippen LogP contribution in [0, 0.1) is 17.2 Å². The Labute approximate surface area is 110 Å². The van der Waals surface area contributed by atoms with Gasteiger partial charge < -0.3 is 0 Å². The van der Waals surface area contributed by atoms with E-state index in [1.807, 2.05) is 12.1 Å². The van der Waals surface area contributed by atoms with E-state index in [2.05, 4.69) is 31.2 Å². The summed E-state index contributed by atoms with van der Waals surface area (Å²) in [5.41, 5.74) is 3.76. The van der Waals surface area contributed by atoms with Crippen LogP contribution in [0.3, 0.4) is 0 Å². The van der Waals surface area contributed by atoms with Crippen LogP contribution in [0.15, 0.2) is 35.9 Å². The van der Waals surface area contributed by atoms with Gasteiger partial charge in [0, 0.05) is 0 Å². The lowest BCUT2D eigenvalue weighted by molar-refractivity contribution is 0.434. The zero-order chi connectivity index (χ0) is 12.8. The molecule has 0 fully saturated rings. The normalized spacial score (nSPS) is 19.1. The number of nitriles is 1. The molecule has 0 bridgehead atoms. The topological polar surface area (TPSA) is 23.8 Å². The van der Waals surface area contributed by atoms with Crippen molar-refractivity contribution in [2.24, 2.45) is 5.92 Å². The summed E-state index contributed by atoms with van der Waals surface area (Å²) in [6.45, 7) is 2.25. The van der Waals surface area contributed by atoms with Crippen LogP contribution in [0.2, 0.25) is 0 Å². The third-order valence-corrected chi connectivity index (χ3v) is 3.99. The molecule has 1 heteroatoms. The molecule has 0 aliphatic heterocycles. The summed E-state index contributed by atoms with van der Waals surface area (Å²) in [6.07, 6.45) is 10.0. The van der Waals surface area contributed by atoms with Crippen LogP contribution in [0.4, 0.5) is 0 Å². The summed E-state index contributed by atoms with van der Waals surface area (Å²) >= 11 is 0. The molecule has 1 aromatic rings. The van der Waals surface area contributed by atoms with Crippen molar-refractivity contribution in [1.29, 1.82) is 5.26 Å². The highest BCUT2D eigenvalue weighted by atomic mass is 14.2. The van der Waals surface area contributed by atoms with Gasteiger partial charge in [-0.3, -0.25) is 0 Å². The molecule has 1 atom stereocenters. The van der Waals surface area contributed by atoms with E-state index in [1.54, 1.807) is 5.57 Å². The van der Waals surface area contributed by atoms with Crippen LogP contribution in [-0.2, 0) is 6.42 Å². The molecule has 0 amide bonds. The fourth-order valence-corrected chi connectivity index (χ4v) is 2.64. The van der Waals surface area contributed by atoms with Gasteiger partial charge in [-0.2, -0.15) is 5.26 Å². The van der Waals surface area contributed by atoms with Gasteiger partial charge in [-0.25, -0.2) is 0 Å². The van der Waals surface area contributed by atoms with E-state index in [0.717, 1.165) is 17.9 Å². The van der Waals surface area contributed by atoms with Crippen LogP contribution in [-0.4, -0.2) is 0 Å². The number of allylic oxidation sites excluding steroid dienone is 2. The number of rotatable bonds is 4. The lowest BCUT2D eigenvalue weighted by Crippen LogP contribution is -2.06. The first-order chi connectivity index (χ1) is 8.81. The van der Waals surface area contributed by atoms with Crippen molar-refractivity contribution in [3.05, 3.63) is 47.0 Å². The molecule has 0 saturated carbocycles. The minimum atomic E-state index is 0.756. The number of hydrogen-bond acceptors (Lipinski definition) is 1. The SMILES string of the molecule is CCC1=CCC(CCc2ccc(C#N)cc2)CC1. The Hall–Kier alpha value is -1.55. The first kappa shape index (κ1) is 12.9. The summed E-state index contributed by atoms with van der Waals surface area (Å²) in [5.74, 6) is 0.857. The van der Waals surface area contributed by atoms with Crippen molar-refractivity contribution >= 4 is 0 Å². The van der Waals surface area contributed by atoms with Gasteiger partial charge in [0.15, 0.2) is 0 Å². The van der Waals surface area contributed by atoms with Crippen molar-refractivity contribution in [2.45, 2.75) is 45.4 Å². The molecule has 1 aromatic carbocycles. The standard InChI is InChI=1S/C17H21N/c1-2-14-3-5-15(6-4-14)7-8-16-9-11-17(13-18)12-10-16/h3,9-12,15H,2,4-8H2,1H3. The third kappa shape index (κ3) is 3.47. The van der Waals surface area contributed by atoms with Gasteiger partial charge in [-0.1, -0.05) is 30.7 Å². The Morgan fingerprint density at radius 2 is 2.06 bits per heavy atom. The predicted molar refractivity (Wildman–Crippen MR) is 75.2 cm³/mol. The average molecular weight is 239 g/mol. The first-order valence-electron chi connectivity index (χ1n) is 6.98. The van der Waals surface area contributed by atoms with Crippen molar-refractivity contribution in [1.82, 2.24) is 0 Å². The summed E-state index contributed by atoms with van der Waals surface area (Å²) in [5, 5.41) is 8.75. The molecule has 1 unspecified atom stereocenters. The molecule has 2 rings (SSSR count). The van der Waals surface area contributed by atoms with Crippen molar-refractivity contribution < 1.29 is 0 Å². The van der Waals surface area contributed by atoms with E-state index in [1.165, 1.54) is 37.7 Å². The molecule has 0 aromatic heterocycles. The zero-order valence-corrected chi connectivity index (χ0v) is 11.2. The molecular weight excluding hydrogens is 218 g/mol. The quantitative estimate of drug-likeness (QED) is 0.703. The highest BCUT2D eigenvalue weighted by Crippen LogP contribution is 2.28. The summed E-state index contributed by atoms with van der Waals surface area (Å²) < 4.78 is 0. The van der Waals surface area contributed by atoms with Crippen molar-refractivity contribution in [3.8, 4) is 6.07 Å². The van der Waals surface area contributed by atoms with E-state index in [4.69, 9.17) is 5.26 Å². The minimum absolute atomic E-state index is 0.756. The second-order valence-electron chi connectivity index (χ2n) is 5.20. The Balaban J connectivity index is 1.81. The Kier molecular flexibility index (Phi) is 4.59. The minimum Gasteiger partial charge on any atom is -0.192 e. The average Bonchev–Trinajstić information content (AvgIpc) is 2.46. The molecule has 1 aliphatic carbocycles. The number of hydrogen-bond donors (Lipinski definition) is 0. The maximum absolute atomic E-state index is 8.75. The van der Waals surface area contributed by atoms with Crippen LogP contribution in [0.1, 0.15) is 50.2 Å². The van der Waals surface area contributed by atoms with E-state index < -0.39 is 0 Å². The molecule has 1 nitrogen and oxygen atoms in total. The van der Waals surface area contributed by atoms with Crippen LogP contribution in [0.25, 0.3) is 0 Å². The van der Waals surface area contributed by atoms with Gasteiger partial charge in [-0.15, -0.1) is 0 Å². The third-order valence-electron chi connectivity index (χ3n) is 3.99.